The van der Waals surface area contributed by atoms with E-state index in [1.54, 1.807) is 34.5 Å². The Bertz CT molecular complexity index is 896. The molecule has 0 N–H and O–H groups in total. The SMILES string of the molecule is CC[C@@H]1CCCCN1S(=O)(=O)c1ccc2c(c1)C(=C1CCCC1)C(=O)N2C. The average molecular weight is 389 g/mol. The molecule has 1 aliphatic carbocycles. The molecule has 6 heteroatoms. The molecule has 5 nitrogen and oxygen atoms in total. The van der Waals surface area contributed by atoms with Gasteiger partial charge < -0.3 is 4.90 Å². The lowest BCUT2D eigenvalue weighted by Gasteiger charge is -2.34. The zero-order chi connectivity index (χ0) is 19.2. The molecule has 2 fully saturated rings. The van der Waals surface area contributed by atoms with Crippen molar-refractivity contribution in [3.8, 4) is 0 Å². The number of allylic oxidation sites excluding steroid dienone is 1. The van der Waals surface area contributed by atoms with Gasteiger partial charge in [0.15, 0.2) is 0 Å². The minimum Gasteiger partial charge on any atom is -0.311 e. The van der Waals surface area contributed by atoms with E-state index in [-0.39, 0.29) is 11.9 Å². The van der Waals surface area contributed by atoms with E-state index in [1.165, 1.54) is 5.57 Å². The molecule has 3 aliphatic rings. The Morgan fingerprint density at radius 3 is 2.56 bits per heavy atom. The van der Waals surface area contributed by atoms with Crippen LogP contribution in [0.1, 0.15) is 63.9 Å². The second kappa shape index (κ2) is 7.06. The van der Waals surface area contributed by atoms with Crippen molar-refractivity contribution in [3.63, 3.8) is 0 Å². The first-order valence-corrected chi connectivity index (χ1v) is 11.6. The number of nitrogens with zero attached hydrogens (tertiary/aromatic N) is 2. The highest BCUT2D eigenvalue weighted by Crippen LogP contribution is 2.43. The number of carbonyl (C=O) groups is 1. The molecule has 1 saturated heterocycles. The normalized spacial score (nSPS) is 24.0. The van der Waals surface area contributed by atoms with Crippen molar-refractivity contribution >= 4 is 27.2 Å². The Labute approximate surface area is 162 Å². The van der Waals surface area contributed by atoms with E-state index in [0.717, 1.165) is 68.2 Å². The van der Waals surface area contributed by atoms with Gasteiger partial charge >= 0.3 is 0 Å². The zero-order valence-corrected chi connectivity index (χ0v) is 17.0. The molecule has 1 aromatic rings. The molecular formula is C21H28N2O3S. The molecule has 0 spiro atoms. The second-order valence-electron chi connectivity index (χ2n) is 7.90. The second-order valence-corrected chi connectivity index (χ2v) is 9.79. The molecule has 0 unspecified atom stereocenters. The van der Waals surface area contributed by atoms with Gasteiger partial charge in [0.1, 0.15) is 0 Å². The van der Waals surface area contributed by atoms with Crippen molar-refractivity contribution in [2.45, 2.75) is 69.2 Å². The first kappa shape index (κ1) is 18.7. The highest BCUT2D eigenvalue weighted by molar-refractivity contribution is 7.89. The quantitative estimate of drug-likeness (QED) is 0.737. The van der Waals surface area contributed by atoms with Gasteiger partial charge in [-0.05, 0) is 63.1 Å². The number of likely N-dealkylation sites (N-methyl/N-ethyl adjacent to an activating group) is 1. The molecule has 0 radical (unpaired) electrons. The molecule has 146 valence electrons. The van der Waals surface area contributed by atoms with Gasteiger partial charge in [-0.2, -0.15) is 4.31 Å². The van der Waals surface area contributed by atoms with Crippen LogP contribution in [0.4, 0.5) is 5.69 Å². The number of carbonyl (C=O) groups excluding carboxylic acids is 1. The number of hydrogen-bond donors (Lipinski definition) is 0. The number of rotatable bonds is 3. The average Bonchev–Trinajstić information content (AvgIpc) is 3.29. The van der Waals surface area contributed by atoms with Crippen LogP contribution in [0, 0.1) is 0 Å². The van der Waals surface area contributed by atoms with Crippen molar-refractivity contribution in [2.24, 2.45) is 0 Å². The number of amides is 1. The first-order chi connectivity index (χ1) is 12.9. The fourth-order valence-corrected chi connectivity index (χ4v) is 6.58. The molecular weight excluding hydrogens is 360 g/mol. The summed E-state index contributed by atoms with van der Waals surface area (Å²) in [5.41, 5.74) is 3.54. The molecule has 0 aromatic heterocycles. The molecule has 1 atom stereocenters. The van der Waals surface area contributed by atoms with Gasteiger partial charge in [-0.15, -0.1) is 0 Å². The van der Waals surface area contributed by atoms with Gasteiger partial charge in [-0.25, -0.2) is 8.42 Å². The van der Waals surface area contributed by atoms with Crippen molar-refractivity contribution in [2.75, 3.05) is 18.5 Å². The molecule has 0 bridgehead atoms. The first-order valence-electron chi connectivity index (χ1n) is 10.1. The summed E-state index contributed by atoms with van der Waals surface area (Å²) in [7, 11) is -1.77. The summed E-state index contributed by atoms with van der Waals surface area (Å²) < 4.78 is 28.4. The Morgan fingerprint density at radius 1 is 1.11 bits per heavy atom. The molecule has 1 saturated carbocycles. The Morgan fingerprint density at radius 2 is 1.85 bits per heavy atom. The zero-order valence-electron chi connectivity index (χ0n) is 16.2. The number of benzene rings is 1. The Hall–Kier alpha value is -1.66. The van der Waals surface area contributed by atoms with Crippen LogP contribution in [-0.2, 0) is 14.8 Å². The van der Waals surface area contributed by atoms with E-state index in [4.69, 9.17) is 0 Å². The van der Waals surface area contributed by atoms with Gasteiger partial charge in [0.25, 0.3) is 5.91 Å². The minimum absolute atomic E-state index is 0.000792. The molecule has 1 aromatic carbocycles. The van der Waals surface area contributed by atoms with Crippen LogP contribution in [0.15, 0.2) is 28.7 Å². The summed E-state index contributed by atoms with van der Waals surface area (Å²) in [6.07, 6.45) is 7.86. The monoisotopic (exact) mass is 388 g/mol. The van der Waals surface area contributed by atoms with Crippen molar-refractivity contribution < 1.29 is 13.2 Å². The molecule has 2 heterocycles. The van der Waals surface area contributed by atoms with Gasteiger partial charge in [0.2, 0.25) is 10.0 Å². The topological polar surface area (TPSA) is 57.7 Å². The lowest BCUT2D eigenvalue weighted by atomic mass is 10.00. The van der Waals surface area contributed by atoms with Crippen molar-refractivity contribution in [1.29, 1.82) is 0 Å². The van der Waals surface area contributed by atoms with E-state index >= 15 is 0 Å². The standard InChI is InChI=1S/C21H28N2O3S/c1-3-16-10-6-7-13-23(16)27(25,26)17-11-12-19-18(14-17)20(21(24)22(19)2)15-8-4-5-9-15/h11-12,14,16H,3-10,13H2,1-2H3/t16-/m1/s1. The van der Waals surface area contributed by atoms with E-state index in [2.05, 4.69) is 6.92 Å². The van der Waals surface area contributed by atoms with Crippen LogP contribution in [0.25, 0.3) is 5.57 Å². The molecule has 27 heavy (non-hydrogen) atoms. The summed E-state index contributed by atoms with van der Waals surface area (Å²) in [4.78, 5) is 14.8. The van der Waals surface area contributed by atoms with Crippen LogP contribution in [0.5, 0.6) is 0 Å². The van der Waals surface area contributed by atoms with Crippen molar-refractivity contribution in [3.05, 3.63) is 29.3 Å². The van der Waals surface area contributed by atoms with Gasteiger partial charge in [-0.1, -0.05) is 18.9 Å². The third-order valence-corrected chi connectivity index (χ3v) is 8.28. The largest absolute Gasteiger partial charge is 0.311 e. The van der Waals surface area contributed by atoms with Crippen LogP contribution < -0.4 is 4.90 Å². The lowest BCUT2D eigenvalue weighted by Crippen LogP contribution is -2.43. The minimum atomic E-state index is -3.55. The maximum absolute atomic E-state index is 13.4. The third kappa shape index (κ3) is 3.03. The van der Waals surface area contributed by atoms with E-state index < -0.39 is 10.0 Å². The van der Waals surface area contributed by atoms with Gasteiger partial charge in [-0.3, -0.25) is 4.79 Å². The summed E-state index contributed by atoms with van der Waals surface area (Å²) in [6, 6.07) is 5.29. The summed E-state index contributed by atoms with van der Waals surface area (Å²) in [5.74, 6) is 0.000792. The van der Waals surface area contributed by atoms with Gasteiger partial charge in [0.05, 0.1) is 10.6 Å². The Kier molecular flexibility index (Phi) is 4.89. The smallest absolute Gasteiger partial charge is 0.258 e. The molecule has 4 rings (SSSR count). The molecule has 1 amide bonds. The van der Waals surface area contributed by atoms with E-state index in [9.17, 15) is 13.2 Å². The lowest BCUT2D eigenvalue weighted by molar-refractivity contribution is -0.112. The number of sulfonamides is 1. The predicted octanol–water partition coefficient (Wildman–Crippen LogP) is 3.94. The number of piperidine rings is 1. The highest BCUT2D eigenvalue weighted by Gasteiger charge is 2.37. The van der Waals surface area contributed by atoms with Crippen LogP contribution >= 0.6 is 0 Å². The summed E-state index contributed by atoms with van der Waals surface area (Å²) >= 11 is 0. The number of hydrogen-bond acceptors (Lipinski definition) is 3. The predicted molar refractivity (Wildman–Crippen MR) is 107 cm³/mol. The van der Waals surface area contributed by atoms with Gasteiger partial charge in [0, 0.05) is 30.8 Å². The van der Waals surface area contributed by atoms with E-state index in [1.807, 2.05) is 0 Å². The van der Waals surface area contributed by atoms with E-state index in [0.29, 0.717) is 11.4 Å². The number of fused-ring (bicyclic) bond motifs is 1. The third-order valence-electron chi connectivity index (χ3n) is 6.33. The fourth-order valence-electron chi connectivity index (χ4n) is 4.79. The maximum Gasteiger partial charge on any atom is 0.258 e. The molecule has 2 aliphatic heterocycles. The van der Waals surface area contributed by atoms with Crippen molar-refractivity contribution in [1.82, 2.24) is 4.31 Å². The number of anilines is 1. The maximum atomic E-state index is 13.4. The summed E-state index contributed by atoms with van der Waals surface area (Å²) in [6.45, 7) is 2.64. The van der Waals surface area contributed by atoms with Crippen LogP contribution in [0.3, 0.4) is 0 Å². The highest BCUT2D eigenvalue weighted by atomic mass is 32.2. The Balaban J connectivity index is 1.79. The fraction of sp³-hybridized carbons (Fsp3) is 0.571. The van der Waals surface area contributed by atoms with Crippen LogP contribution in [-0.4, -0.2) is 38.3 Å². The van der Waals surface area contributed by atoms with Crippen LogP contribution in [0.2, 0.25) is 0 Å². The summed E-state index contributed by atoms with van der Waals surface area (Å²) in [5, 5.41) is 0.